The van der Waals surface area contributed by atoms with Crippen molar-refractivity contribution in [3.05, 3.63) is 60.7 Å². The average molecular weight is 495 g/mol. The molecular formula is C26H26N2O6S. The number of anilines is 2. The number of hydrogen-bond acceptors (Lipinski definition) is 6. The van der Waals surface area contributed by atoms with Gasteiger partial charge >= 0.3 is 5.97 Å². The number of amides is 3. The second-order valence-corrected chi connectivity index (χ2v) is 9.59. The van der Waals surface area contributed by atoms with E-state index in [0.717, 1.165) is 4.90 Å². The molecule has 0 bridgehead atoms. The van der Waals surface area contributed by atoms with E-state index in [4.69, 9.17) is 4.74 Å². The molecule has 1 aliphatic heterocycles. The summed E-state index contributed by atoms with van der Waals surface area (Å²) in [5.74, 6) is -2.52. The van der Waals surface area contributed by atoms with Crippen molar-refractivity contribution in [3.63, 3.8) is 0 Å². The molecule has 1 aliphatic carbocycles. The van der Waals surface area contributed by atoms with Gasteiger partial charge in [-0.05, 0) is 68.3 Å². The summed E-state index contributed by atoms with van der Waals surface area (Å²) in [6.45, 7) is 2.41. The van der Waals surface area contributed by atoms with Gasteiger partial charge < -0.3 is 15.2 Å². The lowest BCUT2D eigenvalue weighted by molar-refractivity contribution is -0.146. The number of imide groups is 1. The molecule has 1 saturated heterocycles. The Hall–Kier alpha value is -3.59. The standard InChI is InChI=1S/C26H26N2O6S/c1-2-34-18-11-9-17(10-12-18)28-23(29)15-22(25(28)31)35-19-13-7-16(8-14-19)27-24(30)20-5-3-4-6-21(20)26(32)33/h3-4,7-14,20-22H,2,5-6,15H2,1H3,(H,27,30)(H,32,33)/t20-,21-,22+/m1/s1. The first-order chi connectivity index (χ1) is 16.9. The molecule has 1 fully saturated rings. The smallest absolute Gasteiger partial charge is 0.307 e. The number of allylic oxidation sites excluding steroid dienone is 2. The molecular weight excluding hydrogens is 468 g/mol. The van der Waals surface area contributed by atoms with Gasteiger partial charge in [-0.2, -0.15) is 0 Å². The number of nitrogens with zero attached hydrogens (tertiary/aromatic N) is 1. The van der Waals surface area contributed by atoms with Gasteiger partial charge in [-0.15, -0.1) is 11.8 Å². The fraction of sp³-hybridized carbons (Fsp3) is 0.308. The third-order valence-corrected chi connectivity index (χ3v) is 7.19. The van der Waals surface area contributed by atoms with Gasteiger partial charge in [0.15, 0.2) is 0 Å². The van der Waals surface area contributed by atoms with E-state index in [9.17, 15) is 24.3 Å². The highest BCUT2D eigenvalue weighted by Crippen LogP contribution is 2.35. The Morgan fingerprint density at radius 1 is 1.03 bits per heavy atom. The van der Waals surface area contributed by atoms with Crippen molar-refractivity contribution < 1.29 is 29.0 Å². The van der Waals surface area contributed by atoms with Crippen LogP contribution in [0.25, 0.3) is 0 Å². The molecule has 0 saturated carbocycles. The summed E-state index contributed by atoms with van der Waals surface area (Å²) >= 11 is 1.30. The zero-order valence-electron chi connectivity index (χ0n) is 19.2. The molecule has 4 rings (SSSR count). The summed E-state index contributed by atoms with van der Waals surface area (Å²) in [5.41, 5.74) is 1.06. The summed E-state index contributed by atoms with van der Waals surface area (Å²) in [4.78, 5) is 51.6. The van der Waals surface area contributed by atoms with Crippen LogP contribution < -0.4 is 15.0 Å². The average Bonchev–Trinajstić information content (AvgIpc) is 3.13. The van der Waals surface area contributed by atoms with E-state index < -0.39 is 23.1 Å². The number of carbonyl (C=O) groups excluding carboxylic acids is 3. The highest BCUT2D eigenvalue weighted by molar-refractivity contribution is 8.00. The Morgan fingerprint density at radius 2 is 1.69 bits per heavy atom. The Morgan fingerprint density at radius 3 is 2.31 bits per heavy atom. The molecule has 2 aromatic carbocycles. The maximum Gasteiger partial charge on any atom is 0.307 e. The van der Waals surface area contributed by atoms with Gasteiger partial charge in [0.05, 0.1) is 29.4 Å². The van der Waals surface area contributed by atoms with Crippen molar-refractivity contribution in [1.82, 2.24) is 0 Å². The van der Waals surface area contributed by atoms with Gasteiger partial charge in [0, 0.05) is 17.0 Å². The number of hydrogen-bond donors (Lipinski definition) is 2. The normalized spacial score (nSPS) is 21.7. The van der Waals surface area contributed by atoms with Crippen LogP contribution in [0.2, 0.25) is 0 Å². The second kappa shape index (κ2) is 10.8. The Labute approximate surface area is 207 Å². The Bertz CT molecular complexity index is 1150. The number of nitrogens with one attached hydrogen (secondary N) is 1. The van der Waals surface area contributed by atoms with E-state index in [1.807, 2.05) is 13.0 Å². The molecule has 0 unspecified atom stereocenters. The molecule has 2 N–H and O–H groups in total. The molecule has 0 aromatic heterocycles. The summed E-state index contributed by atoms with van der Waals surface area (Å²) in [7, 11) is 0. The number of aliphatic carboxylic acids is 1. The van der Waals surface area contributed by atoms with Gasteiger partial charge in [-0.3, -0.25) is 19.2 Å². The van der Waals surface area contributed by atoms with Gasteiger partial charge in [-0.1, -0.05) is 12.2 Å². The van der Waals surface area contributed by atoms with Crippen LogP contribution in [0.4, 0.5) is 11.4 Å². The van der Waals surface area contributed by atoms with E-state index in [1.165, 1.54) is 16.7 Å². The summed E-state index contributed by atoms with van der Waals surface area (Å²) < 4.78 is 5.41. The van der Waals surface area contributed by atoms with E-state index >= 15 is 0 Å². The Balaban J connectivity index is 1.37. The summed E-state index contributed by atoms with van der Waals surface area (Å²) in [6, 6.07) is 13.8. The molecule has 0 spiro atoms. The maximum atomic E-state index is 12.9. The summed E-state index contributed by atoms with van der Waals surface area (Å²) in [5, 5.41) is 11.6. The summed E-state index contributed by atoms with van der Waals surface area (Å²) in [6.07, 6.45) is 4.45. The van der Waals surface area contributed by atoms with Crippen LogP contribution in [0, 0.1) is 11.8 Å². The minimum atomic E-state index is -0.976. The molecule has 8 nitrogen and oxygen atoms in total. The zero-order valence-corrected chi connectivity index (χ0v) is 20.0. The molecule has 2 aromatic rings. The van der Waals surface area contributed by atoms with Gasteiger partial charge in [-0.25, -0.2) is 4.90 Å². The largest absolute Gasteiger partial charge is 0.494 e. The molecule has 0 radical (unpaired) electrons. The molecule has 9 heteroatoms. The van der Waals surface area contributed by atoms with Crippen molar-refractivity contribution in [2.24, 2.45) is 11.8 Å². The molecule has 35 heavy (non-hydrogen) atoms. The number of benzene rings is 2. The molecule has 3 atom stereocenters. The fourth-order valence-electron chi connectivity index (χ4n) is 4.22. The van der Waals surface area contributed by atoms with E-state index in [-0.39, 0.29) is 24.1 Å². The molecule has 3 amide bonds. The number of carbonyl (C=O) groups is 4. The van der Waals surface area contributed by atoms with Crippen LogP contribution in [0.15, 0.2) is 65.6 Å². The van der Waals surface area contributed by atoms with Crippen molar-refractivity contribution in [3.8, 4) is 5.75 Å². The van der Waals surface area contributed by atoms with Crippen LogP contribution in [0.3, 0.4) is 0 Å². The number of rotatable bonds is 8. The predicted molar refractivity (Wildman–Crippen MR) is 132 cm³/mol. The number of carboxylic acids is 1. The molecule has 2 aliphatic rings. The lowest BCUT2D eigenvalue weighted by atomic mass is 9.82. The van der Waals surface area contributed by atoms with Crippen molar-refractivity contribution >= 4 is 46.8 Å². The highest BCUT2D eigenvalue weighted by atomic mass is 32.2. The maximum absolute atomic E-state index is 12.9. The number of carboxylic acid groups (broad SMARTS) is 1. The van der Waals surface area contributed by atoms with Crippen molar-refractivity contribution in [2.75, 3.05) is 16.8 Å². The predicted octanol–water partition coefficient (Wildman–Crippen LogP) is 4.12. The third-order valence-electron chi connectivity index (χ3n) is 6.00. The SMILES string of the molecule is CCOc1ccc(N2C(=O)C[C@H](Sc3ccc(NC(=O)[C@@H]4CC=CC[C@H]4C(=O)O)cc3)C2=O)cc1. The van der Waals surface area contributed by atoms with E-state index in [2.05, 4.69) is 5.32 Å². The van der Waals surface area contributed by atoms with Crippen LogP contribution in [0.5, 0.6) is 5.75 Å². The van der Waals surface area contributed by atoms with Crippen molar-refractivity contribution in [2.45, 2.75) is 36.3 Å². The quantitative estimate of drug-likeness (QED) is 0.419. The van der Waals surface area contributed by atoms with E-state index in [0.29, 0.717) is 36.6 Å². The Kier molecular flexibility index (Phi) is 7.55. The third kappa shape index (κ3) is 5.57. The van der Waals surface area contributed by atoms with E-state index in [1.54, 1.807) is 54.6 Å². The first-order valence-corrected chi connectivity index (χ1v) is 12.3. The van der Waals surface area contributed by atoms with Gasteiger partial charge in [0.25, 0.3) is 0 Å². The van der Waals surface area contributed by atoms with Crippen LogP contribution >= 0.6 is 11.8 Å². The monoisotopic (exact) mass is 494 g/mol. The first kappa shape index (κ1) is 24.5. The topological polar surface area (TPSA) is 113 Å². The first-order valence-electron chi connectivity index (χ1n) is 11.4. The van der Waals surface area contributed by atoms with Crippen LogP contribution in [0.1, 0.15) is 26.2 Å². The van der Waals surface area contributed by atoms with Crippen LogP contribution in [-0.2, 0) is 19.2 Å². The van der Waals surface area contributed by atoms with Gasteiger partial charge in [0.1, 0.15) is 5.75 Å². The fourth-order valence-corrected chi connectivity index (χ4v) is 5.27. The number of thioether (sulfide) groups is 1. The minimum Gasteiger partial charge on any atom is -0.494 e. The minimum absolute atomic E-state index is 0.0982. The highest BCUT2D eigenvalue weighted by Gasteiger charge is 2.40. The molecule has 1 heterocycles. The second-order valence-electron chi connectivity index (χ2n) is 8.31. The van der Waals surface area contributed by atoms with Crippen molar-refractivity contribution in [1.29, 1.82) is 0 Å². The lowest BCUT2D eigenvalue weighted by Crippen LogP contribution is -2.34. The zero-order chi connectivity index (χ0) is 24.9. The lowest BCUT2D eigenvalue weighted by Gasteiger charge is -2.24. The van der Waals surface area contributed by atoms with Crippen LogP contribution in [-0.4, -0.2) is 40.7 Å². The van der Waals surface area contributed by atoms with Gasteiger partial charge in [0.2, 0.25) is 17.7 Å². The molecule has 182 valence electrons. The number of ether oxygens (including phenoxy) is 1.